The van der Waals surface area contributed by atoms with Crippen molar-refractivity contribution >= 4 is 22.7 Å². The molecule has 3 N–H and O–H groups in total. The molecule has 0 amide bonds. The maximum Gasteiger partial charge on any atom is 0.421 e. The number of hydrogen-bond donors (Lipinski definition) is 2. The quantitative estimate of drug-likeness (QED) is 0.325. The van der Waals surface area contributed by atoms with Gasteiger partial charge in [-0.1, -0.05) is 30.3 Å². The first-order valence-corrected chi connectivity index (χ1v) is 11.6. The Labute approximate surface area is 219 Å². The molecule has 5 aromatic rings. The van der Waals surface area contributed by atoms with E-state index < -0.39 is 29.2 Å². The van der Waals surface area contributed by atoms with E-state index in [4.69, 9.17) is 15.5 Å². The number of halogens is 3. The summed E-state index contributed by atoms with van der Waals surface area (Å²) in [6.45, 7) is 1.58. The first-order valence-electron chi connectivity index (χ1n) is 11.6. The van der Waals surface area contributed by atoms with E-state index in [1.807, 2.05) is 0 Å². The number of ether oxygens (including phenoxy) is 1. The van der Waals surface area contributed by atoms with E-state index in [0.29, 0.717) is 28.5 Å². The van der Waals surface area contributed by atoms with Crippen molar-refractivity contribution in [3.63, 3.8) is 0 Å². The maximum atomic E-state index is 14.1. The van der Waals surface area contributed by atoms with Crippen molar-refractivity contribution in [2.45, 2.75) is 19.1 Å². The number of fused-ring (bicyclic) bond motifs is 1. The van der Waals surface area contributed by atoms with Crippen LogP contribution < -0.4 is 21.3 Å². The molecule has 2 aromatic carbocycles. The van der Waals surface area contributed by atoms with Crippen LogP contribution in [0.3, 0.4) is 0 Å². The van der Waals surface area contributed by atoms with Crippen LogP contribution in [0.15, 0.2) is 71.9 Å². The predicted molar refractivity (Wildman–Crippen MR) is 138 cm³/mol. The van der Waals surface area contributed by atoms with Gasteiger partial charge in [-0.3, -0.25) is 9.36 Å². The number of nitrogen functional groups attached to an aromatic ring is 1. The Hall–Kier alpha value is -5.07. The van der Waals surface area contributed by atoms with Gasteiger partial charge in [-0.05, 0) is 30.7 Å². The molecule has 10 nitrogen and oxygen atoms in total. The normalized spacial score (nSPS) is 12.3. The molecule has 0 spiro atoms. The summed E-state index contributed by atoms with van der Waals surface area (Å²) in [6.07, 6.45) is -1.06. The molecule has 0 radical (unpaired) electrons. The third-order valence-corrected chi connectivity index (χ3v) is 5.91. The predicted octanol–water partition coefficient (Wildman–Crippen LogP) is 4.42. The Kier molecular flexibility index (Phi) is 6.56. The van der Waals surface area contributed by atoms with Crippen LogP contribution in [0.2, 0.25) is 0 Å². The van der Waals surface area contributed by atoms with E-state index in [1.54, 1.807) is 55.5 Å². The number of nitrogens with zero attached hydrogens (tertiary/aromatic N) is 6. The van der Waals surface area contributed by atoms with Gasteiger partial charge in [0.25, 0.3) is 5.56 Å². The van der Waals surface area contributed by atoms with Gasteiger partial charge in [0.2, 0.25) is 5.95 Å². The zero-order valence-corrected chi connectivity index (χ0v) is 20.6. The number of aromatic nitrogens is 6. The summed E-state index contributed by atoms with van der Waals surface area (Å²) < 4.78 is 47.3. The second-order valence-electron chi connectivity index (χ2n) is 8.46. The maximum absolute atomic E-state index is 14.1. The Morgan fingerprint density at radius 3 is 2.36 bits per heavy atom. The fourth-order valence-electron chi connectivity index (χ4n) is 4.15. The van der Waals surface area contributed by atoms with Gasteiger partial charge in [0.05, 0.1) is 29.7 Å². The number of anilines is 2. The average Bonchev–Trinajstić information content (AvgIpc) is 2.92. The third-order valence-electron chi connectivity index (χ3n) is 5.91. The van der Waals surface area contributed by atoms with Crippen LogP contribution in [0.4, 0.5) is 24.9 Å². The van der Waals surface area contributed by atoms with Gasteiger partial charge in [-0.15, -0.1) is 0 Å². The van der Waals surface area contributed by atoms with E-state index in [1.165, 1.54) is 24.1 Å². The molecule has 0 bridgehead atoms. The van der Waals surface area contributed by atoms with Gasteiger partial charge in [0.15, 0.2) is 0 Å². The molecule has 0 aliphatic carbocycles. The minimum absolute atomic E-state index is 0.159. The highest BCUT2D eigenvalue weighted by atomic mass is 19.4. The van der Waals surface area contributed by atoms with Crippen molar-refractivity contribution in [2.24, 2.45) is 0 Å². The molecule has 0 saturated heterocycles. The summed E-state index contributed by atoms with van der Waals surface area (Å²) in [4.78, 5) is 34.3. The Morgan fingerprint density at radius 1 is 0.974 bits per heavy atom. The molecule has 13 heteroatoms. The lowest BCUT2D eigenvalue weighted by Gasteiger charge is -2.22. The van der Waals surface area contributed by atoms with E-state index in [0.717, 1.165) is 0 Å². The highest BCUT2D eigenvalue weighted by Crippen LogP contribution is 2.35. The van der Waals surface area contributed by atoms with Crippen LogP contribution in [0, 0.1) is 0 Å². The lowest BCUT2D eigenvalue weighted by atomic mass is 10.0. The SMILES string of the molecule is COc1ncc(-c2cccc3nc([C@H](C)Nc4nc(N)ncc4C(F)(F)F)n(-c4ccccc4)c(=O)c23)cn1. The van der Waals surface area contributed by atoms with Crippen molar-refractivity contribution in [3.8, 4) is 22.8 Å². The summed E-state index contributed by atoms with van der Waals surface area (Å²) in [5.41, 5.74) is 5.95. The van der Waals surface area contributed by atoms with E-state index in [2.05, 4.69) is 25.3 Å². The Morgan fingerprint density at radius 2 is 1.69 bits per heavy atom. The van der Waals surface area contributed by atoms with Gasteiger partial charge in [-0.25, -0.2) is 19.9 Å². The van der Waals surface area contributed by atoms with Gasteiger partial charge in [0.1, 0.15) is 17.2 Å². The van der Waals surface area contributed by atoms with Crippen LogP contribution in [0.1, 0.15) is 24.4 Å². The molecular weight excluding hydrogens is 513 g/mol. The van der Waals surface area contributed by atoms with Crippen LogP contribution in [-0.4, -0.2) is 36.6 Å². The number of benzene rings is 2. The first-order chi connectivity index (χ1) is 18.7. The van der Waals surface area contributed by atoms with E-state index >= 15 is 0 Å². The van der Waals surface area contributed by atoms with Crippen molar-refractivity contribution in [1.29, 1.82) is 0 Å². The zero-order valence-electron chi connectivity index (χ0n) is 20.6. The topological polar surface area (TPSA) is 134 Å². The van der Waals surface area contributed by atoms with Gasteiger partial charge in [-0.2, -0.15) is 18.2 Å². The summed E-state index contributed by atoms with van der Waals surface area (Å²) >= 11 is 0. The highest BCUT2D eigenvalue weighted by Gasteiger charge is 2.36. The average molecular weight is 535 g/mol. The molecule has 3 heterocycles. The molecule has 5 rings (SSSR count). The lowest BCUT2D eigenvalue weighted by molar-refractivity contribution is -0.137. The molecular formula is C26H21F3N8O2. The molecule has 0 saturated carbocycles. The molecule has 0 aliphatic heterocycles. The molecule has 198 valence electrons. The van der Waals surface area contributed by atoms with Crippen LogP contribution in [-0.2, 0) is 6.18 Å². The van der Waals surface area contributed by atoms with Crippen LogP contribution in [0.25, 0.3) is 27.7 Å². The highest BCUT2D eigenvalue weighted by molar-refractivity contribution is 5.94. The Bertz CT molecular complexity index is 1710. The molecule has 3 aromatic heterocycles. The number of nitrogens with one attached hydrogen (secondary N) is 1. The van der Waals surface area contributed by atoms with Crippen molar-refractivity contribution in [1.82, 2.24) is 29.5 Å². The fourth-order valence-corrected chi connectivity index (χ4v) is 4.15. The van der Waals surface area contributed by atoms with E-state index in [9.17, 15) is 18.0 Å². The second kappa shape index (κ2) is 10.0. The van der Waals surface area contributed by atoms with Gasteiger partial charge < -0.3 is 15.8 Å². The minimum Gasteiger partial charge on any atom is -0.467 e. The standard InChI is InChI=1S/C26H21F3N8O2/c1-14(34-21-18(26(27,28)29)13-31-24(30)36-21)22-35-19-10-6-9-17(15-11-32-25(39-2)33-12-15)20(19)23(38)37(22)16-7-4-3-5-8-16/h3-14H,1-2H3,(H3,30,31,34,36)/t14-/m0/s1. The first kappa shape index (κ1) is 25.6. The largest absolute Gasteiger partial charge is 0.467 e. The number of rotatable bonds is 6. The van der Waals surface area contributed by atoms with Crippen LogP contribution in [0.5, 0.6) is 6.01 Å². The number of hydrogen-bond acceptors (Lipinski definition) is 9. The van der Waals surface area contributed by atoms with E-state index in [-0.39, 0.29) is 23.2 Å². The summed E-state index contributed by atoms with van der Waals surface area (Å²) in [7, 11) is 1.44. The molecule has 0 unspecified atom stereocenters. The zero-order chi connectivity index (χ0) is 27.7. The summed E-state index contributed by atoms with van der Waals surface area (Å²) in [5, 5.41) is 3.01. The lowest BCUT2D eigenvalue weighted by Crippen LogP contribution is -2.28. The van der Waals surface area contributed by atoms with Crippen molar-refractivity contribution < 1.29 is 17.9 Å². The molecule has 39 heavy (non-hydrogen) atoms. The molecule has 1 atom stereocenters. The summed E-state index contributed by atoms with van der Waals surface area (Å²) in [5.74, 6) is -0.705. The fraction of sp³-hybridized carbons (Fsp3) is 0.154. The Balaban J connectivity index is 1.72. The minimum atomic E-state index is -4.74. The molecule has 0 aliphatic rings. The smallest absolute Gasteiger partial charge is 0.421 e. The second-order valence-corrected chi connectivity index (χ2v) is 8.46. The number of para-hydroxylation sites is 1. The van der Waals surface area contributed by atoms with Crippen molar-refractivity contribution in [2.75, 3.05) is 18.2 Å². The summed E-state index contributed by atoms with van der Waals surface area (Å²) in [6, 6.07) is 13.0. The van der Waals surface area contributed by atoms with Crippen LogP contribution >= 0.6 is 0 Å². The van der Waals surface area contributed by atoms with Crippen molar-refractivity contribution in [3.05, 3.63) is 88.9 Å². The monoisotopic (exact) mass is 534 g/mol. The number of nitrogens with two attached hydrogens (primary N) is 1. The van der Waals surface area contributed by atoms with Gasteiger partial charge >= 0.3 is 12.2 Å². The molecule has 0 fully saturated rings. The number of methoxy groups -OCH3 is 1. The third kappa shape index (κ3) is 4.93. The van der Waals surface area contributed by atoms with Gasteiger partial charge in [0, 0.05) is 24.2 Å². The number of alkyl halides is 3.